The van der Waals surface area contributed by atoms with Crippen molar-refractivity contribution in [1.29, 1.82) is 0 Å². The third-order valence-corrected chi connectivity index (χ3v) is 1.48. The van der Waals surface area contributed by atoms with E-state index in [0.29, 0.717) is 0 Å². The summed E-state index contributed by atoms with van der Waals surface area (Å²) in [6, 6.07) is 0. The van der Waals surface area contributed by atoms with Gasteiger partial charge in [0.1, 0.15) is 6.61 Å². The molecule has 0 amide bonds. The first-order valence-corrected chi connectivity index (χ1v) is 4.78. The van der Waals surface area contributed by atoms with Crippen LogP contribution in [0.15, 0.2) is 0 Å². The number of carbonyl (C=O) groups excluding carboxylic acids is 1. The second-order valence-electron chi connectivity index (χ2n) is 2.20. The molecule has 13 heavy (non-hydrogen) atoms. The monoisotopic (exact) mass is 212 g/mol. The minimum atomic E-state index is -4.64. The highest BCUT2D eigenvalue weighted by Gasteiger charge is 2.16. The van der Waals surface area contributed by atoms with E-state index in [-0.39, 0.29) is 12.8 Å². The summed E-state index contributed by atoms with van der Waals surface area (Å²) in [5.41, 5.74) is 0. The third kappa shape index (κ3) is 9.16. The molecule has 0 bridgehead atoms. The average Bonchev–Trinajstić information content (AvgIpc) is 1.95. The first kappa shape index (κ1) is 12.2. The van der Waals surface area contributed by atoms with Crippen LogP contribution in [-0.4, -0.2) is 33.3 Å². The standard InChI is InChI=1S/C5H9O7P/c6-4(1-2-5(7)8)3-12-13(9,10)11/h1-3H2,(H,7,8)(H2,9,10,11). The van der Waals surface area contributed by atoms with Crippen LogP contribution in [0.4, 0.5) is 0 Å². The zero-order chi connectivity index (χ0) is 10.5. The van der Waals surface area contributed by atoms with Crippen LogP contribution in [0.2, 0.25) is 0 Å². The second-order valence-corrected chi connectivity index (χ2v) is 3.44. The van der Waals surface area contributed by atoms with Crippen molar-refractivity contribution in [2.45, 2.75) is 12.8 Å². The van der Waals surface area contributed by atoms with Gasteiger partial charge in [-0.15, -0.1) is 0 Å². The molecule has 0 radical (unpaired) electrons. The molecule has 0 heterocycles. The Morgan fingerprint density at radius 2 is 1.77 bits per heavy atom. The van der Waals surface area contributed by atoms with Crippen molar-refractivity contribution < 1.29 is 33.6 Å². The highest BCUT2D eigenvalue weighted by atomic mass is 31.2. The van der Waals surface area contributed by atoms with E-state index in [1.807, 2.05) is 0 Å². The molecular formula is C5H9O7P. The average molecular weight is 212 g/mol. The van der Waals surface area contributed by atoms with E-state index in [1.54, 1.807) is 0 Å². The van der Waals surface area contributed by atoms with Crippen LogP contribution in [0.25, 0.3) is 0 Å². The van der Waals surface area contributed by atoms with E-state index in [1.165, 1.54) is 0 Å². The Morgan fingerprint density at radius 1 is 1.23 bits per heavy atom. The quantitative estimate of drug-likeness (QED) is 0.508. The van der Waals surface area contributed by atoms with Crippen LogP contribution in [-0.2, 0) is 18.7 Å². The first-order chi connectivity index (χ1) is 5.81. The molecule has 0 aliphatic rings. The molecule has 0 saturated carbocycles. The summed E-state index contributed by atoms with van der Waals surface area (Å²) in [5, 5.41) is 8.14. The van der Waals surface area contributed by atoms with Crippen molar-refractivity contribution in [3.8, 4) is 0 Å². The molecule has 0 aliphatic carbocycles. The fraction of sp³-hybridized carbons (Fsp3) is 0.600. The molecule has 0 aliphatic heterocycles. The molecule has 0 rings (SSSR count). The molecule has 0 unspecified atom stereocenters. The van der Waals surface area contributed by atoms with E-state index < -0.39 is 26.2 Å². The smallest absolute Gasteiger partial charge is 0.470 e. The van der Waals surface area contributed by atoms with Crippen molar-refractivity contribution in [2.75, 3.05) is 6.61 Å². The lowest BCUT2D eigenvalue weighted by Crippen LogP contribution is -2.09. The molecule has 0 aromatic rings. The van der Waals surface area contributed by atoms with Gasteiger partial charge in [0.2, 0.25) is 0 Å². The Morgan fingerprint density at radius 3 is 2.15 bits per heavy atom. The number of ketones is 1. The SMILES string of the molecule is O=C(O)CCC(=O)COP(=O)(O)O. The lowest BCUT2D eigenvalue weighted by Gasteiger charge is -2.02. The molecule has 0 spiro atoms. The minimum Gasteiger partial charge on any atom is -0.481 e. The van der Waals surface area contributed by atoms with Gasteiger partial charge in [0.05, 0.1) is 6.42 Å². The lowest BCUT2D eigenvalue weighted by molar-refractivity contribution is -0.138. The zero-order valence-electron chi connectivity index (χ0n) is 6.54. The van der Waals surface area contributed by atoms with Crippen molar-refractivity contribution in [2.24, 2.45) is 0 Å². The topological polar surface area (TPSA) is 121 Å². The van der Waals surface area contributed by atoms with Gasteiger partial charge in [-0.25, -0.2) is 4.57 Å². The van der Waals surface area contributed by atoms with Crippen LogP contribution in [0, 0.1) is 0 Å². The summed E-state index contributed by atoms with van der Waals surface area (Å²) in [5.74, 6) is -1.81. The number of hydrogen-bond acceptors (Lipinski definition) is 4. The van der Waals surface area contributed by atoms with Gasteiger partial charge in [-0.3, -0.25) is 14.1 Å². The summed E-state index contributed by atoms with van der Waals surface area (Å²) in [7, 11) is -4.64. The highest BCUT2D eigenvalue weighted by molar-refractivity contribution is 7.46. The number of phosphoric ester groups is 1. The fourth-order valence-corrected chi connectivity index (χ4v) is 0.787. The Bertz CT molecular complexity index is 241. The van der Waals surface area contributed by atoms with Gasteiger partial charge >= 0.3 is 13.8 Å². The summed E-state index contributed by atoms with van der Waals surface area (Å²) < 4.78 is 13.9. The Balaban J connectivity index is 3.65. The van der Waals surface area contributed by atoms with Gasteiger partial charge in [-0.1, -0.05) is 0 Å². The van der Waals surface area contributed by atoms with Crippen LogP contribution < -0.4 is 0 Å². The van der Waals surface area contributed by atoms with E-state index in [4.69, 9.17) is 14.9 Å². The number of hydrogen-bond donors (Lipinski definition) is 3. The maximum Gasteiger partial charge on any atom is 0.470 e. The normalized spacial score (nSPS) is 11.2. The van der Waals surface area contributed by atoms with E-state index in [2.05, 4.69) is 4.52 Å². The molecule has 7 nitrogen and oxygen atoms in total. The second kappa shape index (κ2) is 5.08. The van der Waals surface area contributed by atoms with Gasteiger partial charge in [-0.05, 0) is 0 Å². The number of aliphatic carboxylic acids is 1. The summed E-state index contributed by atoms with van der Waals surface area (Å²) >= 11 is 0. The van der Waals surface area contributed by atoms with Crippen LogP contribution >= 0.6 is 7.82 Å². The molecule has 0 aromatic heterocycles. The molecule has 0 aromatic carbocycles. The summed E-state index contributed by atoms with van der Waals surface area (Å²) in [4.78, 5) is 36.9. The van der Waals surface area contributed by atoms with Gasteiger partial charge in [-0.2, -0.15) is 0 Å². The molecule has 0 atom stereocenters. The Labute approximate surface area is 73.6 Å². The Hall–Kier alpha value is -0.750. The van der Waals surface area contributed by atoms with E-state index in [0.717, 1.165) is 0 Å². The maximum absolute atomic E-state index is 10.7. The molecular weight excluding hydrogens is 203 g/mol. The van der Waals surface area contributed by atoms with Crippen LogP contribution in [0.3, 0.4) is 0 Å². The largest absolute Gasteiger partial charge is 0.481 e. The van der Waals surface area contributed by atoms with Crippen LogP contribution in [0.1, 0.15) is 12.8 Å². The number of phosphoric acid groups is 1. The first-order valence-electron chi connectivity index (χ1n) is 3.25. The number of carboxylic acid groups (broad SMARTS) is 1. The Kier molecular flexibility index (Phi) is 4.79. The highest BCUT2D eigenvalue weighted by Crippen LogP contribution is 2.35. The third-order valence-electron chi connectivity index (χ3n) is 1.01. The van der Waals surface area contributed by atoms with Crippen molar-refractivity contribution >= 4 is 19.6 Å². The van der Waals surface area contributed by atoms with E-state index >= 15 is 0 Å². The predicted molar refractivity (Wildman–Crippen MR) is 39.9 cm³/mol. The van der Waals surface area contributed by atoms with Gasteiger partial charge in [0.15, 0.2) is 5.78 Å². The fourth-order valence-electron chi connectivity index (χ4n) is 0.475. The maximum atomic E-state index is 10.7. The van der Waals surface area contributed by atoms with Crippen molar-refractivity contribution in [1.82, 2.24) is 0 Å². The number of carboxylic acids is 1. The van der Waals surface area contributed by atoms with E-state index in [9.17, 15) is 14.2 Å². The lowest BCUT2D eigenvalue weighted by atomic mass is 10.2. The molecule has 0 saturated heterocycles. The molecule has 0 fully saturated rings. The van der Waals surface area contributed by atoms with Gasteiger partial charge < -0.3 is 14.9 Å². The summed E-state index contributed by atoms with van der Waals surface area (Å²) in [6.07, 6.45) is -0.668. The van der Waals surface area contributed by atoms with Gasteiger partial charge in [0.25, 0.3) is 0 Å². The molecule has 76 valence electrons. The predicted octanol–water partition coefficient (Wildman–Crippen LogP) is -0.470. The molecule has 3 N–H and O–H groups in total. The van der Waals surface area contributed by atoms with Crippen LogP contribution in [0.5, 0.6) is 0 Å². The number of Topliss-reactive ketones (excluding diaryl/α,β-unsaturated/α-hetero) is 1. The van der Waals surface area contributed by atoms with Crippen molar-refractivity contribution in [3.05, 3.63) is 0 Å². The molecule has 8 heteroatoms. The summed E-state index contributed by atoms with van der Waals surface area (Å²) in [6.45, 7) is -0.766. The number of rotatable bonds is 6. The number of carbonyl (C=O) groups is 2. The zero-order valence-corrected chi connectivity index (χ0v) is 7.44. The minimum absolute atomic E-state index is 0.296. The van der Waals surface area contributed by atoms with Gasteiger partial charge in [0, 0.05) is 6.42 Å². The van der Waals surface area contributed by atoms with Crippen molar-refractivity contribution in [3.63, 3.8) is 0 Å².